The monoisotopic (exact) mass is 264 g/mol. The van der Waals surface area contributed by atoms with Crippen molar-refractivity contribution in [3.8, 4) is 6.19 Å². The molecule has 0 aliphatic carbocycles. The fraction of sp³-hybridized carbons (Fsp3) is 0.188. The lowest BCUT2D eigenvalue weighted by Crippen LogP contribution is -2.29. The summed E-state index contributed by atoms with van der Waals surface area (Å²) in [7, 11) is 1.94. The highest BCUT2D eigenvalue weighted by Gasteiger charge is 2.09. The summed E-state index contributed by atoms with van der Waals surface area (Å²) in [6, 6.07) is 14.0. The number of hydrogen-bond donors (Lipinski definition) is 0. The fourth-order valence-corrected chi connectivity index (χ4v) is 1.96. The third-order valence-electron chi connectivity index (χ3n) is 3.02. The Kier molecular flexibility index (Phi) is 4.85. The van der Waals surface area contributed by atoms with Crippen molar-refractivity contribution in [1.29, 1.82) is 5.26 Å². The lowest BCUT2D eigenvalue weighted by Gasteiger charge is -2.20. The number of hydrogen-bond acceptors (Lipinski definition) is 3. The number of benzene rings is 1. The smallest absolute Gasteiger partial charge is 0.207 e. The van der Waals surface area contributed by atoms with Crippen LogP contribution in [0.15, 0.2) is 59.9 Å². The van der Waals surface area contributed by atoms with Gasteiger partial charge in [-0.05, 0) is 24.1 Å². The zero-order valence-corrected chi connectivity index (χ0v) is 11.4. The number of nitrogens with zero attached hydrogens (tertiary/aromatic N) is 4. The van der Waals surface area contributed by atoms with E-state index in [2.05, 4.69) is 22.1 Å². The molecule has 1 heterocycles. The second kappa shape index (κ2) is 7.05. The summed E-state index contributed by atoms with van der Waals surface area (Å²) < 4.78 is 0. The largest absolute Gasteiger partial charge is 0.358 e. The standard InChI is InChI=1S/C16H16N4/c1-20(11-9-14-6-3-2-4-7-14)16(19-13-17)15-8-5-10-18-12-15/h2-8,10,12H,9,11H2,1H3. The Hall–Kier alpha value is -2.67. The molecule has 1 aromatic carbocycles. The quantitative estimate of drug-likeness (QED) is 0.484. The van der Waals surface area contributed by atoms with E-state index < -0.39 is 0 Å². The second-order valence-electron chi connectivity index (χ2n) is 4.43. The van der Waals surface area contributed by atoms with Gasteiger partial charge < -0.3 is 4.90 Å². The highest BCUT2D eigenvalue weighted by molar-refractivity contribution is 5.98. The molecule has 0 N–H and O–H groups in total. The van der Waals surface area contributed by atoms with Gasteiger partial charge in [-0.1, -0.05) is 30.3 Å². The molecule has 0 saturated heterocycles. The first-order chi connectivity index (χ1) is 9.81. The molecule has 0 spiro atoms. The van der Waals surface area contributed by atoms with Crippen molar-refractivity contribution >= 4 is 5.84 Å². The van der Waals surface area contributed by atoms with Gasteiger partial charge >= 0.3 is 0 Å². The highest BCUT2D eigenvalue weighted by Crippen LogP contribution is 2.06. The number of amidine groups is 1. The van der Waals surface area contributed by atoms with E-state index in [9.17, 15) is 0 Å². The third-order valence-corrected chi connectivity index (χ3v) is 3.02. The van der Waals surface area contributed by atoms with E-state index in [0.717, 1.165) is 18.5 Å². The maximum atomic E-state index is 8.85. The highest BCUT2D eigenvalue weighted by atomic mass is 15.2. The molecule has 4 heteroatoms. The average molecular weight is 264 g/mol. The Morgan fingerprint density at radius 3 is 2.70 bits per heavy atom. The van der Waals surface area contributed by atoms with Gasteiger partial charge in [0.25, 0.3) is 0 Å². The van der Waals surface area contributed by atoms with E-state index in [0.29, 0.717) is 5.84 Å². The molecule has 0 aliphatic rings. The van der Waals surface area contributed by atoms with Gasteiger partial charge in [0.1, 0.15) is 5.84 Å². The van der Waals surface area contributed by atoms with Gasteiger partial charge in [-0.2, -0.15) is 10.3 Å². The van der Waals surface area contributed by atoms with Crippen LogP contribution in [-0.4, -0.2) is 29.3 Å². The van der Waals surface area contributed by atoms with Gasteiger partial charge in [0.05, 0.1) is 0 Å². The Morgan fingerprint density at radius 2 is 2.05 bits per heavy atom. The molecule has 0 saturated carbocycles. The van der Waals surface area contributed by atoms with Crippen molar-refractivity contribution in [1.82, 2.24) is 9.88 Å². The molecule has 0 radical (unpaired) electrons. The summed E-state index contributed by atoms with van der Waals surface area (Å²) in [6.07, 6.45) is 6.19. The number of nitriles is 1. The SMILES string of the molecule is CN(CCc1ccccc1)C(=NC#N)c1cccnc1. The topological polar surface area (TPSA) is 52.3 Å². The average Bonchev–Trinajstić information content (AvgIpc) is 2.52. The van der Waals surface area contributed by atoms with E-state index in [1.54, 1.807) is 12.4 Å². The molecule has 0 atom stereocenters. The molecule has 2 rings (SSSR count). The molecule has 4 nitrogen and oxygen atoms in total. The number of pyridine rings is 1. The summed E-state index contributed by atoms with van der Waals surface area (Å²) in [4.78, 5) is 9.97. The first kappa shape index (κ1) is 13.8. The first-order valence-electron chi connectivity index (χ1n) is 6.43. The summed E-state index contributed by atoms with van der Waals surface area (Å²) in [5.74, 6) is 0.650. The van der Waals surface area contributed by atoms with Crippen LogP contribution in [0, 0.1) is 11.5 Å². The van der Waals surface area contributed by atoms with Crippen LogP contribution < -0.4 is 0 Å². The van der Waals surface area contributed by atoms with Crippen molar-refractivity contribution < 1.29 is 0 Å². The van der Waals surface area contributed by atoms with E-state index >= 15 is 0 Å². The van der Waals surface area contributed by atoms with Crippen LogP contribution in [0.1, 0.15) is 11.1 Å². The number of likely N-dealkylation sites (N-methyl/N-ethyl adjacent to an activating group) is 1. The van der Waals surface area contributed by atoms with Crippen molar-refractivity contribution in [2.75, 3.05) is 13.6 Å². The molecule has 0 amide bonds. The minimum atomic E-state index is 0.650. The summed E-state index contributed by atoms with van der Waals surface area (Å²) >= 11 is 0. The summed E-state index contributed by atoms with van der Waals surface area (Å²) in [5.41, 5.74) is 2.12. The normalized spacial score (nSPS) is 10.9. The molecule has 0 fully saturated rings. The molecule has 100 valence electrons. The third kappa shape index (κ3) is 3.66. The minimum Gasteiger partial charge on any atom is -0.358 e. The molecule has 20 heavy (non-hydrogen) atoms. The molecule has 0 aliphatic heterocycles. The maximum Gasteiger partial charge on any atom is 0.207 e. The van der Waals surface area contributed by atoms with Crippen LogP contribution in [0.3, 0.4) is 0 Å². The van der Waals surface area contributed by atoms with Gasteiger partial charge in [0, 0.05) is 31.5 Å². The van der Waals surface area contributed by atoms with Crippen molar-refractivity contribution in [2.45, 2.75) is 6.42 Å². The van der Waals surface area contributed by atoms with Crippen LogP contribution >= 0.6 is 0 Å². The zero-order valence-electron chi connectivity index (χ0n) is 11.4. The van der Waals surface area contributed by atoms with Gasteiger partial charge in [-0.3, -0.25) is 4.98 Å². The molecule has 0 unspecified atom stereocenters. The van der Waals surface area contributed by atoms with E-state index in [4.69, 9.17) is 5.26 Å². The predicted molar refractivity (Wildman–Crippen MR) is 79.2 cm³/mol. The summed E-state index contributed by atoms with van der Waals surface area (Å²) in [6.45, 7) is 0.791. The Balaban J connectivity index is 2.08. The number of aliphatic imine (C=N–C) groups is 1. The lowest BCUT2D eigenvalue weighted by molar-refractivity contribution is 0.509. The zero-order chi connectivity index (χ0) is 14.2. The Bertz CT molecular complexity index is 599. The molecule has 1 aromatic heterocycles. The van der Waals surface area contributed by atoms with Crippen LogP contribution in [0.2, 0.25) is 0 Å². The van der Waals surface area contributed by atoms with E-state index in [1.807, 2.05) is 48.5 Å². The molecular weight excluding hydrogens is 248 g/mol. The number of aromatic nitrogens is 1. The van der Waals surface area contributed by atoms with Crippen LogP contribution in [0.25, 0.3) is 0 Å². The maximum absolute atomic E-state index is 8.85. The summed E-state index contributed by atoms with van der Waals surface area (Å²) in [5, 5.41) is 8.85. The predicted octanol–water partition coefficient (Wildman–Crippen LogP) is 2.48. The molecule has 0 bridgehead atoms. The van der Waals surface area contributed by atoms with Gasteiger partial charge in [0.15, 0.2) is 0 Å². The van der Waals surface area contributed by atoms with Gasteiger partial charge in [0.2, 0.25) is 6.19 Å². The van der Waals surface area contributed by atoms with Gasteiger partial charge in [-0.25, -0.2) is 0 Å². The van der Waals surface area contributed by atoms with Crippen molar-refractivity contribution in [3.63, 3.8) is 0 Å². The lowest BCUT2D eigenvalue weighted by atomic mass is 10.1. The van der Waals surface area contributed by atoms with E-state index in [-0.39, 0.29) is 0 Å². The van der Waals surface area contributed by atoms with Crippen LogP contribution in [-0.2, 0) is 6.42 Å². The molecular formula is C16H16N4. The Labute approximate surface area is 119 Å². The van der Waals surface area contributed by atoms with Crippen LogP contribution in [0.5, 0.6) is 0 Å². The number of rotatable bonds is 4. The molecule has 2 aromatic rings. The minimum absolute atomic E-state index is 0.650. The second-order valence-corrected chi connectivity index (χ2v) is 4.43. The van der Waals surface area contributed by atoms with Crippen LogP contribution in [0.4, 0.5) is 0 Å². The van der Waals surface area contributed by atoms with Gasteiger partial charge in [-0.15, -0.1) is 0 Å². The Morgan fingerprint density at radius 1 is 1.25 bits per heavy atom. The first-order valence-corrected chi connectivity index (χ1v) is 6.43. The van der Waals surface area contributed by atoms with Crippen molar-refractivity contribution in [2.24, 2.45) is 4.99 Å². The van der Waals surface area contributed by atoms with E-state index in [1.165, 1.54) is 5.56 Å². The van der Waals surface area contributed by atoms with Crippen molar-refractivity contribution in [3.05, 3.63) is 66.0 Å². The fourth-order valence-electron chi connectivity index (χ4n) is 1.96.